The van der Waals surface area contributed by atoms with Crippen LogP contribution in [-0.4, -0.2) is 42.9 Å². The van der Waals surface area contributed by atoms with Crippen molar-refractivity contribution >= 4 is 58.0 Å². The molecular weight excluding hydrogens is 509 g/mol. The van der Waals surface area contributed by atoms with Crippen molar-refractivity contribution in [1.29, 1.82) is 0 Å². The van der Waals surface area contributed by atoms with Gasteiger partial charge in [0.15, 0.2) is 5.76 Å². The number of nitrogens with one attached hydrogen (secondary N) is 1. The van der Waals surface area contributed by atoms with Crippen molar-refractivity contribution in [2.45, 2.75) is 20.3 Å². The summed E-state index contributed by atoms with van der Waals surface area (Å²) in [7, 11) is 0. The van der Waals surface area contributed by atoms with Crippen molar-refractivity contribution in [3.05, 3.63) is 69.4 Å². The lowest BCUT2D eigenvalue weighted by Crippen LogP contribution is -2.49. The Hall–Kier alpha value is -2.67. The predicted molar refractivity (Wildman–Crippen MR) is 142 cm³/mol. The second-order valence-corrected chi connectivity index (χ2v) is 10.1. The van der Waals surface area contributed by atoms with Gasteiger partial charge in [-0.15, -0.1) is 0 Å². The number of hydrogen-bond donors (Lipinski definition) is 1. The first-order valence-corrected chi connectivity index (χ1v) is 12.5. The van der Waals surface area contributed by atoms with E-state index in [0.29, 0.717) is 70.6 Å². The summed E-state index contributed by atoms with van der Waals surface area (Å²) < 4.78 is 5.71. The fourth-order valence-corrected chi connectivity index (χ4v) is 4.68. The standard InChI is InChI=1S/C26H26Cl3N3O3/c1-16(2)13-25(33)32-11-9-31(10-12-32)22-6-4-18(15-21(22)29)30-26(34)24-8-7-23(35-24)19-14-17(27)3-5-20(19)28/h3-8,14-16H,9-13H2,1-2H3,(H,30,34). The molecule has 35 heavy (non-hydrogen) atoms. The molecule has 0 aliphatic carbocycles. The number of halogens is 3. The molecule has 2 heterocycles. The Bertz CT molecular complexity index is 1230. The largest absolute Gasteiger partial charge is 0.451 e. The number of nitrogens with zero attached hydrogens (tertiary/aromatic N) is 2. The van der Waals surface area contributed by atoms with Crippen molar-refractivity contribution in [3.8, 4) is 11.3 Å². The monoisotopic (exact) mass is 533 g/mol. The third kappa shape index (κ3) is 6.13. The highest BCUT2D eigenvalue weighted by atomic mass is 35.5. The number of carbonyl (C=O) groups excluding carboxylic acids is 2. The number of anilines is 2. The maximum atomic E-state index is 12.7. The molecule has 1 aromatic heterocycles. The summed E-state index contributed by atoms with van der Waals surface area (Å²) >= 11 is 18.8. The predicted octanol–water partition coefficient (Wildman–Crippen LogP) is 6.85. The third-order valence-corrected chi connectivity index (χ3v) is 6.65. The molecule has 1 aliphatic rings. The number of piperazine rings is 1. The zero-order valence-corrected chi connectivity index (χ0v) is 21.8. The van der Waals surface area contributed by atoms with E-state index in [4.69, 9.17) is 39.2 Å². The van der Waals surface area contributed by atoms with E-state index in [9.17, 15) is 9.59 Å². The maximum Gasteiger partial charge on any atom is 0.291 e. The molecule has 1 saturated heterocycles. The first-order chi connectivity index (χ1) is 16.7. The summed E-state index contributed by atoms with van der Waals surface area (Å²) in [5.41, 5.74) is 2.03. The van der Waals surface area contributed by atoms with Crippen molar-refractivity contribution in [2.24, 2.45) is 5.92 Å². The van der Waals surface area contributed by atoms with Crippen molar-refractivity contribution in [3.63, 3.8) is 0 Å². The first kappa shape index (κ1) is 25.4. The quantitative estimate of drug-likeness (QED) is 0.375. The van der Waals surface area contributed by atoms with Crippen LogP contribution in [0.1, 0.15) is 30.8 Å². The van der Waals surface area contributed by atoms with E-state index < -0.39 is 5.91 Å². The molecule has 4 rings (SSSR count). The van der Waals surface area contributed by atoms with E-state index >= 15 is 0 Å². The van der Waals surface area contributed by atoms with Gasteiger partial charge in [-0.25, -0.2) is 0 Å². The number of rotatable bonds is 6. The topological polar surface area (TPSA) is 65.8 Å². The second kappa shape index (κ2) is 10.9. The summed E-state index contributed by atoms with van der Waals surface area (Å²) in [6.45, 7) is 6.84. The zero-order valence-electron chi connectivity index (χ0n) is 19.5. The van der Waals surface area contributed by atoms with Crippen LogP contribution in [0.3, 0.4) is 0 Å². The van der Waals surface area contributed by atoms with E-state index in [1.165, 1.54) is 0 Å². The van der Waals surface area contributed by atoms with Crippen molar-refractivity contribution < 1.29 is 14.0 Å². The normalized spacial score (nSPS) is 13.9. The van der Waals surface area contributed by atoms with E-state index in [-0.39, 0.29) is 11.7 Å². The first-order valence-electron chi connectivity index (χ1n) is 11.4. The van der Waals surface area contributed by atoms with Crippen LogP contribution in [0.15, 0.2) is 52.9 Å². The van der Waals surface area contributed by atoms with Gasteiger partial charge in [0.1, 0.15) is 5.76 Å². The summed E-state index contributed by atoms with van der Waals surface area (Å²) in [6, 6.07) is 13.7. The summed E-state index contributed by atoms with van der Waals surface area (Å²) in [4.78, 5) is 29.1. The molecule has 184 valence electrons. The third-order valence-electron chi connectivity index (χ3n) is 5.79. The Labute approximate surface area is 219 Å². The highest BCUT2D eigenvalue weighted by Gasteiger charge is 2.23. The Morgan fingerprint density at radius 1 is 0.943 bits per heavy atom. The summed E-state index contributed by atoms with van der Waals surface area (Å²) in [6.07, 6.45) is 0.568. The average molecular weight is 535 g/mol. The molecular formula is C26H26Cl3N3O3. The highest BCUT2D eigenvalue weighted by molar-refractivity contribution is 6.35. The van der Waals surface area contributed by atoms with Crippen LogP contribution < -0.4 is 10.2 Å². The van der Waals surface area contributed by atoms with Gasteiger partial charge in [-0.05, 0) is 54.4 Å². The molecule has 0 spiro atoms. The SMILES string of the molecule is CC(C)CC(=O)N1CCN(c2ccc(NC(=O)c3ccc(-c4cc(Cl)ccc4Cl)o3)cc2Cl)CC1. The summed E-state index contributed by atoms with van der Waals surface area (Å²) in [5, 5.41) is 4.33. The molecule has 1 aliphatic heterocycles. The molecule has 2 aromatic carbocycles. The molecule has 0 unspecified atom stereocenters. The number of benzene rings is 2. The minimum absolute atomic E-state index is 0.137. The molecule has 9 heteroatoms. The number of carbonyl (C=O) groups is 2. The van der Waals surface area contributed by atoms with E-state index in [1.807, 2.05) is 24.8 Å². The van der Waals surface area contributed by atoms with Crippen LogP contribution in [0, 0.1) is 5.92 Å². The van der Waals surface area contributed by atoms with Crippen molar-refractivity contribution in [2.75, 3.05) is 36.4 Å². The number of amides is 2. The average Bonchev–Trinajstić information content (AvgIpc) is 3.31. The van der Waals surface area contributed by atoms with Gasteiger partial charge in [-0.3, -0.25) is 9.59 Å². The van der Waals surface area contributed by atoms with Gasteiger partial charge in [0.2, 0.25) is 5.91 Å². The molecule has 2 amide bonds. The number of furan rings is 1. The number of hydrogen-bond acceptors (Lipinski definition) is 4. The maximum absolute atomic E-state index is 12.7. The zero-order chi connectivity index (χ0) is 25.1. The minimum Gasteiger partial charge on any atom is -0.451 e. The molecule has 0 saturated carbocycles. The molecule has 3 aromatic rings. The molecule has 0 radical (unpaired) electrons. The van der Waals surface area contributed by atoms with Gasteiger partial charge in [-0.1, -0.05) is 48.7 Å². The van der Waals surface area contributed by atoms with Gasteiger partial charge < -0.3 is 19.5 Å². The van der Waals surface area contributed by atoms with Crippen molar-refractivity contribution in [1.82, 2.24) is 4.90 Å². The fourth-order valence-electron chi connectivity index (χ4n) is 4.00. The lowest BCUT2D eigenvalue weighted by molar-refractivity contribution is -0.132. The van der Waals surface area contributed by atoms with Crippen LogP contribution in [0.4, 0.5) is 11.4 Å². The fraction of sp³-hybridized carbons (Fsp3) is 0.308. The molecule has 1 fully saturated rings. The molecule has 0 atom stereocenters. The Balaban J connectivity index is 1.39. The molecule has 6 nitrogen and oxygen atoms in total. The van der Waals surface area contributed by atoms with Gasteiger partial charge in [0.05, 0.1) is 15.7 Å². The van der Waals surface area contributed by atoms with E-state index in [2.05, 4.69) is 10.2 Å². The minimum atomic E-state index is -0.407. The van der Waals surface area contributed by atoms with Crippen LogP contribution in [0.25, 0.3) is 11.3 Å². The molecule has 1 N–H and O–H groups in total. The van der Waals surface area contributed by atoms with Gasteiger partial charge >= 0.3 is 0 Å². The van der Waals surface area contributed by atoms with E-state index in [1.54, 1.807) is 42.5 Å². The second-order valence-electron chi connectivity index (χ2n) is 8.87. The lowest BCUT2D eigenvalue weighted by Gasteiger charge is -2.36. The van der Waals surface area contributed by atoms with E-state index in [0.717, 1.165) is 5.69 Å². The van der Waals surface area contributed by atoms with Gasteiger partial charge in [-0.2, -0.15) is 0 Å². The van der Waals surface area contributed by atoms with Crippen LogP contribution >= 0.6 is 34.8 Å². The van der Waals surface area contributed by atoms with Gasteiger partial charge in [0.25, 0.3) is 5.91 Å². The Morgan fingerprint density at radius 3 is 2.37 bits per heavy atom. The Kier molecular flexibility index (Phi) is 7.95. The highest BCUT2D eigenvalue weighted by Crippen LogP contribution is 2.33. The van der Waals surface area contributed by atoms with Crippen LogP contribution in [0.2, 0.25) is 15.1 Å². The van der Waals surface area contributed by atoms with Crippen LogP contribution in [0.5, 0.6) is 0 Å². The lowest BCUT2D eigenvalue weighted by atomic mass is 10.1. The van der Waals surface area contributed by atoms with Crippen LogP contribution in [-0.2, 0) is 4.79 Å². The Morgan fingerprint density at radius 2 is 1.69 bits per heavy atom. The smallest absolute Gasteiger partial charge is 0.291 e. The molecule has 0 bridgehead atoms. The summed E-state index contributed by atoms with van der Waals surface area (Å²) in [5.74, 6) is 0.721. The van der Waals surface area contributed by atoms with Gasteiger partial charge in [0, 0.05) is 48.9 Å².